The van der Waals surface area contributed by atoms with Crippen LogP contribution < -0.4 is 10.6 Å². The van der Waals surface area contributed by atoms with E-state index in [-0.39, 0.29) is 11.9 Å². The van der Waals surface area contributed by atoms with Crippen molar-refractivity contribution in [2.75, 3.05) is 11.9 Å². The van der Waals surface area contributed by atoms with Crippen molar-refractivity contribution in [2.45, 2.75) is 46.1 Å². The van der Waals surface area contributed by atoms with Crippen LogP contribution in [0.15, 0.2) is 12.1 Å². The summed E-state index contributed by atoms with van der Waals surface area (Å²) in [4.78, 5) is 11.9. The van der Waals surface area contributed by atoms with E-state index in [1.165, 1.54) is 0 Å². The molecule has 1 rings (SSSR count). The van der Waals surface area contributed by atoms with Crippen molar-refractivity contribution in [1.29, 1.82) is 0 Å². The molecule has 112 valence electrons. The highest BCUT2D eigenvalue weighted by atomic mass is 35.5. The first kappa shape index (κ1) is 17.1. The molecule has 2 N–H and O–H groups in total. The van der Waals surface area contributed by atoms with Crippen molar-refractivity contribution in [1.82, 2.24) is 5.32 Å². The molecule has 0 fully saturated rings. The van der Waals surface area contributed by atoms with Gasteiger partial charge in [-0.15, -0.1) is 0 Å². The Morgan fingerprint density at radius 1 is 1.25 bits per heavy atom. The van der Waals surface area contributed by atoms with Gasteiger partial charge in [-0.05, 0) is 38.0 Å². The third kappa shape index (κ3) is 5.22. The minimum Gasteiger partial charge on any atom is -0.373 e. The van der Waals surface area contributed by atoms with Crippen LogP contribution in [-0.4, -0.2) is 18.5 Å². The molecule has 1 aromatic rings. The zero-order valence-electron chi connectivity index (χ0n) is 12.2. The molecule has 0 aliphatic heterocycles. The van der Waals surface area contributed by atoms with Crippen LogP contribution >= 0.6 is 23.2 Å². The monoisotopic (exact) mass is 316 g/mol. The third-order valence-electron chi connectivity index (χ3n) is 3.09. The van der Waals surface area contributed by atoms with Crippen molar-refractivity contribution in [3.8, 4) is 0 Å². The summed E-state index contributed by atoms with van der Waals surface area (Å²) in [5.41, 5.74) is 1.59. The summed E-state index contributed by atoms with van der Waals surface area (Å²) < 4.78 is 0. The van der Waals surface area contributed by atoms with Gasteiger partial charge in [0.25, 0.3) is 0 Å². The predicted octanol–water partition coefficient (Wildman–Crippen LogP) is 4.41. The minimum absolute atomic E-state index is 0.0335. The largest absolute Gasteiger partial charge is 0.373 e. The van der Waals surface area contributed by atoms with Crippen LogP contribution in [0, 0.1) is 6.92 Å². The van der Waals surface area contributed by atoms with E-state index in [0.29, 0.717) is 22.3 Å². The molecule has 3 nitrogen and oxygen atoms in total. The first-order chi connectivity index (χ1) is 9.45. The van der Waals surface area contributed by atoms with Gasteiger partial charge in [0, 0.05) is 11.6 Å². The van der Waals surface area contributed by atoms with Gasteiger partial charge in [-0.1, -0.05) is 43.0 Å². The summed E-state index contributed by atoms with van der Waals surface area (Å²) in [5.74, 6) is -0.0335. The molecular weight excluding hydrogens is 295 g/mol. The van der Waals surface area contributed by atoms with Gasteiger partial charge in [0.2, 0.25) is 5.91 Å². The van der Waals surface area contributed by atoms with E-state index in [0.717, 1.165) is 24.8 Å². The number of unbranched alkanes of at least 4 members (excludes halogenated alkanes) is 2. The molecule has 0 aliphatic carbocycles. The van der Waals surface area contributed by atoms with E-state index in [2.05, 4.69) is 17.6 Å². The number of benzene rings is 1. The number of halogens is 2. The lowest BCUT2D eigenvalue weighted by molar-refractivity contribution is -0.121. The summed E-state index contributed by atoms with van der Waals surface area (Å²) in [6.45, 7) is 6.54. The average molecular weight is 317 g/mol. The number of hydrogen-bond donors (Lipinski definition) is 2. The van der Waals surface area contributed by atoms with Crippen LogP contribution in [0.3, 0.4) is 0 Å². The van der Waals surface area contributed by atoms with E-state index < -0.39 is 0 Å². The predicted molar refractivity (Wildman–Crippen MR) is 86.8 cm³/mol. The minimum atomic E-state index is -0.354. The van der Waals surface area contributed by atoms with Gasteiger partial charge in [0.05, 0.1) is 10.7 Å². The molecule has 0 aliphatic rings. The highest BCUT2D eigenvalue weighted by Crippen LogP contribution is 2.29. The number of amides is 1. The number of nitrogens with one attached hydrogen (secondary N) is 2. The van der Waals surface area contributed by atoms with Crippen molar-refractivity contribution < 1.29 is 4.79 Å². The molecule has 20 heavy (non-hydrogen) atoms. The molecule has 0 aromatic heterocycles. The molecule has 0 saturated carbocycles. The Kier molecular flexibility index (Phi) is 7.17. The fourth-order valence-corrected chi connectivity index (χ4v) is 2.23. The maximum Gasteiger partial charge on any atom is 0.242 e. The summed E-state index contributed by atoms with van der Waals surface area (Å²) in [5, 5.41) is 7.19. The normalized spacial score (nSPS) is 12.1. The van der Waals surface area contributed by atoms with Gasteiger partial charge >= 0.3 is 0 Å². The van der Waals surface area contributed by atoms with E-state index in [1.807, 2.05) is 6.92 Å². The Bertz CT molecular complexity index is 463. The van der Waals surface area contributed by atoms with Gasteiger partial charge in [-0.25, -0.2) is 0 Å². The number of anilines is 1. The summed E-state index contributed by atoms with van der Waals surface area (Å²) in [6.07, 6.45) is 3.27. The summed E-state index contributed by atoms with van der Waals surface area (Å²) in [7, 11) is 0. The Morgan fingerprint density at radius 3 is 2.60 bits per heavy atom. The van der Waals surface area contributed by atoms with Gasteiger partial charge in [-0.2, -0.15) is 0 Å². The second kappa shape index (κ2) is 8.38. The standard InChI is InChI=1S/C15H22Cl2N2O/c1-4-5-6-7-18-15(20)11(3)19-14-9-12(16)10(2)8-13(14)17/h8-9,11,19H,4-7H2,1-3H3,(H,18,20). The number of aryl methyl sites for hydroxylation is 1. The number of carbonyl (C=O) groups excluding carboxylic acids is 1. The van der Waals surface area contributed by atoms with Crippen LogP contribution in [0.1, 0.15) is 38.7 Å². The fourth-order valence-electron chi connectivity index (χ4n) is 1.80. The van der Waals surface area contributed by atoms with E-state index in [1.54, 1.807) is 19.1 Å². The van der Waals surface area contributed by atoms with Crippen molar-refractivity contribution in [3.63, 3.8) is 0 Å². The Balaban J connectivity index is 2.55. The molecule has 5 heteroatoms. The smallest absolute Gasteiger partial charge is 0.242 e. The topological polar surface area (TPSA) is 41.1 Å². The molecule has 0 bridgehead atoms. The molecule has 0 heterocycles. The number of rotatable bonds is 7. The second-order valence-corrected chi connectivity index (χ2v) is 5.76. The van der Waals surface area contributed by atoms with E-state index in [4.69, 9.17) is 23.2 Å². The molecular formula is C15H22Cl2N2O. The SMILES string of the molecule is CCCCCNC(=O)C(C)Nc1cc(Cl)c(C)cc1Cl. The van der Waals surface area contributed by atoms with Crippen LogP contribution in [0.25, 0.3) is 0 Å². The quantitative estimate of drug-likeness (QED) is 0.732. The van der Waals surface area contributed by atoms with Gasteiger partial charge in [0.15, 0.2) is 0 Å². The molecule has 1 aromatic carbocycles. The van der Waals surface area contributed by atoms with Gasteiger partial charge in [-0.3, -0.25) is 4.79 Å². The fraction of sp³-hybridized carbons (Fsp3) is 0.533. The molecule has 0 spiro atoms. The highest BCUT2D eigenvalue weighted by Gasteiger charge is 2.14. The summed E-state index contributed by atoms with van der Waals surface area (Å²) >= 11 is 12.2. The maximum atomic E-state index is 11.9. The third-order valence-corrected chi connectivity index (χ3v) is 3.81. The first-order valence-corrected chi connectivity index (χ1v) is 7.71. The lowest BCUT2D eigenvalue weighted by Crippen LogP contribution is -2.38. The van der Waals surface area contributed by atoms with Gasteiger partial charge in [0.1, 0.15) is 6.04 Å². The number of hydrogen-bond acceptors (Lipinski definition) is 2. The summed E-state index contributed by atoms with van der Waals surface area (Å²) in [6, 6.07) is 3.19. The zero-order valence-corrected chi connectivity index (χ0v) is 13.7. The molecule has 0 saturated heterocycles. The zero-order chi connectivity index (χ0) is 15.1. The Hall–Kier alpha value is -0.930. The second-order valence-electron chi connectivity index (χ2n) is 4.95. The van der Waals surface area contributed by atoms with E-state index in [9.17, 15) is 4.79 Å². The lowest BCUT2D eigenvalue weighted by Gasteiger charge is -2.17. The van der Waals surface area contributed by atoms with Crippen LogP contribution in [-0.2, 0) is 4.79 Å². The van der Waals surface area contributed by atoms with Crippen molar-refractivity contribution >= 4 is 34.8 Å². The van der Waals surface area contributed by atoms with Crippen molar-refractivity contribution in [2.24, 2.45) is 0 Å². The van der Waals surface area contributed by atoms with Crippen LogP contribution in [0.4, 0.5) is 5.69 Å². The molecule has 1 atom stereocenters. The number of carbonyl (C=O) groups is 1. The van der Waals surface area contributed by atoms with Crippen LogP contribution in [0.5, 0.6) is 0 Å². The highest BCUT2D eigenvalue weighted by molar-refractivity contribution is 6.35. The maximum absolute atomic E-state index is 11.9. The average Bonchev–Trinajstić information content (AvgIpc) is 2.40. The molecule has 1 unspecified atom stereocenters. The Labute approximate surface area is 131 Å². The van der Waals surface area contributed by atoms with Crippen molar-refractivity contribution in [3.05, 3.63) is 27.7 Å². The molecule has 1 amide bonds. The first-order valence-electron chi connectivity index (χ1n) is 6.95. The lowest BCUT2D eigenvalue weighted by atomic mass is 10.2. The molecule has 0 radical (unpaired) electrons. The Morgan fingerprint density at radius 2 is 1.95 bits per heavy atom. The van der Waals surface area contributed by atoms with Gasteiger partial charge < -0.3 is 10.6 Å². The van der Waals surface area contributed by atoms with Crippen LogP contribution in [0.2, 0.25) is 10.0 Å². The van der Waals surface area contributed by atoms with E-state index >= 15 is 0 Å².